The molecule has 0 atom stereocenters. The van der Waals surface area contributed by atoms with E-state index in [9.17, 15) is 0 Å². The minimum Gasteiger partial charge on any atom is -0.486 e. The first-order chi connectivity index (χ1) is 6.40. The van der Waals surface area contributed by atoms with Crippen LogP contribution in [0.1, 0.15) is 20.8 Å². The number of nitrogens with zero attached hydrogens (tertiary/aromatic N) is 1. The van der Waals surface area contributed by atoms with Crippen molar-refractivity contribution in [2.75, 3.05) is 19.0 Å². The predicted octanol–water partition coefficient (Wildman–Crippen LogP) is 2.93. The lowest BCUT2D eigenvalue weighted by molar-refractivity contribution is 0.131. The van der Waals surface area contributed by atoms with E-state index in [1.165, 1.54) is 0 Å². The highest BCUT2D eigenvalue weighted by molar-refractivity contribution is 5.57. The van der Waals surface area contributed by atoms with Gasteiger partial charge in [0.1, 0.15) is 11.4 Å². The van der Waals surface area contributed by atoms with Crippen molar-refractivity contribution in [2.24, 2.45) is 0 Å². The molecular formula is C12H19NO. The smallest absolute Gasteiger partial charge is 0.143 e. The summed E-state index contributed by atoms with van der Waals surface area (Å²) in [7, 11) is 4.04. The van der Waals surface area contributed by atoms with Crippen molar-refractivity contribution >= 4 is 5.69 Å². The third-order valence-electron chi connectivity index (χ3n) is 1.76. The van der Waals surface area contributed by atoms with Gasteiger partial charge in [-0.15, -0.1) is 0 Å². The van der Waals surface area contributed by atoms with Crippen LogP contribution in [0.3, 0.4) is 0 Å². The number of hydrogen-bond acceptors (Lipinski definition) is 2. The Balaban J connectivity index is 2.96. The van der Waals surface area contributed by atoms with E-state index >= 15 is 0 Å². The molecule has 1 rings (SSSR count). The molecule has 78 valence electrons. The Morgan fingerprint density at radius 2 is 1.64 bits per heavy atom. The largest absolute Gasteiger partial charge is 0.486 e. The lowest BCUT2D eigenvalue weighted by Gasteiger charge is -2.25. The monoisotopic (exact) mass is 193 g/mol. The van der Waals surface area contributed by atoms with Crippen molar-refractivity contribution in [2.45, 2.75) is 26.4 Å². The highest BCUT2D eigenvalue weighted by atomic mass is 16.5. The standard InChI is InChI=1S/C12H19NO/c1-12(2,3)14-11-9-7-6-8-10(11)13(4)5/h6-9H,1-5H3. The molecule has 0 bridgehead atoms. The molecule has 0 saturated carbocycles. The third-order valence-corrected chi connectivity index (χ3v) is 1.76. The van der Waals surface area contributed by atoms with Gasteiger partial charge < -0.3 is 9.64 Å². The molecule has 0 unspecified atom stereocenters. The summed E-state index contributed by atoms with van der Waals surface area (Å²) in [6.45, 7) is 6.17. The number of rotatable bonds is 2. The Kier molecular flexibility index (Phi) is 3.04. The van der Waals surface area contributed by atoms with Gasteiger partial charge in [-0.3, -0.25) is 0 Å². The fourth-order valence-corrected chi connectivity index (χ4v) is 1.24. The SMILES string of the molecule is CN(C)c1ccccc1OC(C)(C)C. The molecule has 0 spiro atoms. The van der Waals surface area contributed by atoms with E-state index in [1.54, 1.807) is 0 Å². The van der Waals surface area contributed by atoms with Crippen molar-refractivity contribution in [3.63, 3.8) is 0 Å². The molecular weight excluding hydrogens is 174 g/mol. The van der Waals surface area contributed by atoms with Gasteiger partial charge in [0.25, 0.3) is 0 Å². The summed E-state index contributed by atoms with van der Waals surface area (Å²) in [5.41, 5.74) is 0.967. The van der Waals surface area contributed by atoms with Gasteiger partial charge in [-0.1, -0.05) is 12.1 Å². The molecule has 2 heteroatoms. The van der Waals surface area contributed by atoms with Crippen molar-refractivity contribution in [3.05, 3.63) is 24.3 Å². The second-order valence-corrected chi connectivity index (χ2v) is 4.58. The lowest BCUT2D eigenvalue weighted by Crippen LogP contribution is -2.24. The molecule has 0 radical (unpaired) electrons. The van der Waals surface area contributed by atoms with E-state index in [-0.39, 0.29) is 5.60 Å². The predicted molar refractivity (Wildman–Crippen MR) is 61.2 cm³/mol. The van der Waals surface area contributed by atoms with E-state index in [2.05, 4.69) is 31.7 Å². The van der Waals surface area contributed by atoms with Crippen LogP contribution in [0, 0.1) is 0 Å². The molecule has 0 aliphatic carbocycles. The summed E-state index contributed by atoms with van der Waals surface area (Å²) in [5, 5.41) is 0. The van der Waals surface area contributed by atoms with Gasteiger partial charge >= 0.3 is 0 Å². The van der Waals surface area contributed by atoms with Crippen LogP contribution in [-0.4, -0.2) is 19.7 Å². The maximum atomic E-state index is 5.85. The highest BCUT2D eigenvalue weighted by Crippen LogP contribution is 2.29. The Morgan fingerprint density at radius 1 is 1.07 bits per heavy atom. The van der Waals surface area contributed by atoms with Gasteiger partial charge in [0, 0.05) is 14.1 Å². The molecule has 1 aromatic carbocycles. The average Bonchev–Trinajstić information content (AvgIpc) is 2.01. The van der Waals surface area contributed by atoms with Crippen LogP contribution >= 0.6 is 0 Å². The second-order valence-electron chi connectivity index (χ2n) is 4.58. The molecule has 0 aromatic heterocycles. The van der Waals surface area contributed by atoms with E-state index in [0.717, 1.165) is 11.4 Å². The summed E-state index contributed by atoms with van der Waals surface area (Å²) in [6.07, 6.45) is 0. The molecule has 0 aliphatic rings. The number of ether oxygens (including phenoxy) is 1. The van der Waals surface area contributed by atoms with Gasteiger partial charge in [0.2, 0.25) is 0 Å². The first-order valence-electron chi connectivity index (χ1n) is 4.85. The number of para-hydroxylation sites is 2. The van der Waals surface area contributed by atoms with E-state index < -0.39 is 0 Å². The lowest BCUT2D eigenvalue weighted by atomic mass is 10.2. The molecule has 0 N–H and O–H groups in total. The number of benzene rings is 1. The molecule has 14 heavy (non-hydrogen) atoms. The fraction of sp³-hybridized carbons (Fsp3) is 0.500. The van der Waals surface area contributed by atoms with Gasteiger partial charge in [0.15, 0.2) is 0 Å². The molecule has 0 aliphatic heterocycles. The number of anilines is 1. The molecule has 0 saturated heterocycles. The Labute approximate surface area is 86.5 Å². The zero-order valence-corrected chi connectivity index (χ0v) is 9.66. The van der Waals surface area contributed by atoms with Crippen molar-refractivity contribution in [1.29, 1.82) is 0 Å². The minimum absolute atomic E-state index is 0.147. The van der Waals surface area contributed by atoms with Crippen LogP contribution in [0.2, 0.25) is 0 Å². The van der Waals surface area contributed by atoms with Crippen molar-refractivity contribution in [1.82, 2.24) is 0 Å². The third kappa shape index (κ3) is 2.95. The zero-order valence-electron chi connectivity index (χ0n) is 9.66. The van der Waals surface area contributed by atoms with Gasteiger partial charge in [-0.2, -0.15) is 0 Å². The Hall–Kier alpha value is -1.18. The maximum Gasteiger partial charge on any atom is 0.143 e. The second kappa shape index (κ2) is 3.91. The first kappa shape index (κ1) is 10.9. The van der Waals surface area contributed by atoms with Crippen LogP contribution < -0.4 is 9.64 Å². The molecule has 0 fully saturated rings. The van der Waals surface area contributed by atoms with Gasteiger partial charge in [0.05, 0.1) is 5.69 Å². The first-order valence-corrected chi connectivity index (χ1v) is 4.85. The van der Waals surface area contributed by atoms with E-state index in [0.29, 0.717) is 0 Å². The van der Waals surface area contributed by atoms with Gasteiger partial charge in [-0.25, -0.2) is 0 Å². The Bertz CT molecular complexity index is 299. The summed E-state index contributed by atoms with van der Waals surface area (Å²) in [4.78, 5) is 2.06. The summed E-state index contributed by atoms with van der Waals surface area (Å²) < 4.78 is 5.85. The summed E-state index contributed by atoms with van der Waals surface area (Å²) in [5.74, 6) is 0.935. The quantitative estimate of drug-likeness (QED) is 0.716. The minimum atomic E-state index is -0.147. The molecule has 0 heterocycles. The van der Waals surface area contributed by atoms with E-state index in [1.807, 2.05) is 32.3 Å². The summed E-state index contributed by atoms with van der Waals surface area (Å²) in [6, 6.07) is 8.07. The van der Waals surface area contributed by atoms with Crippen molar-refractivity contribution in [3.8, 4) is 5.75 Å². The van der Waals surface area contributed by atoms with Crippen LogP contribution in [0.5, 0.6) is 5.75 Å². The Morgan fingerprint density at radius 3 is 2.14 bits per heavy atom. The topological polar surface area (TPSA) is 12.5 Å². The average molecular weight is 193 g/mol. The normalized spacial score (nSPS) is 11.2. The molecule has 1 aromatic rings. The summed E-state index contributed by atoms with van der Waals surface area (Å²) >= 11 is 0. The molecule has 2 nitrogen and oxygen atoms in total. The maximum absolute atomic E-state index is 5.85. The van der Waals surface area contributed by atoms with E-state index in [4.69, 9.17) is 4.74 Å². The van der Waals surface area contributed by atoms with Gasteiger partial charge in [-0.05, 0) is 32.9 Å². The number of hydrogen-bond donors (Lipinski definition) is 0. The van der Waals surface area contributed by atoms with Crippen molar-refractivity contribution < 1.29 is 4.74 Å². The van der Waals surface area contributed by atoms with Crippen LogP contribution in [0.25, 0.3) is 0 Å². The fourth-order valence-electron chi connectivity index (χ4n) is 1.24. The molecule has 0 amide bonds. The van der Waals surface area contributed by atoms with Crippen LogP contribution in [0.4, 0.5) is 5.69 Å². The van der Waals surface area contributed by atoms with Crippen LogP contribution in [0.15, 0.2) is 24.3 Å². The zero-order chi connectivity index (χ0) is 10.8. The van der Waals surface area contributed by atoms with Crippen LogP contribution in [-0.2, 0) is 0 Å². The highest BCUT2D eigenvalue weighted by Gasteiger charge is 2.14.